The van der Waals surface area contributed by atoms with Gasteiger partial charge in [-0.05, 0) is 25.3 Å². The van der Waals surface area contributed by atoms with Crippen molar-refractivity contribution in [3.63, 3.8) is 0 Å². The molecule has 0 aliphatic heterocycles. The number of carbonyl (C=O) groups excluding carboxylic acids is 1. The van der Waals surface area contributed by atoms with Crippen molar-refractivity contribution in [1.29, 1.82) is 0 Å². The molecule has 1 saturated carbocycles. The van der Waals surface area contributed by atoms with Crippen molar-refractivity contribution in [1.82, 2.24) is 5.32 Å². The van der Waals surface area contributed by atoms with Crippen LogP contribution in [0, 0.1) is 0 Å². The minimum Gasteiger partial charge on any atom is -0.496 e. The van der Waals surface area contributed by atoms with E-state index in [0.29, 0.717) is 6.42 Å². The number of hydrogen-bond donors (Lipinski definition) is 1. The number of rotatable bonds is 5. The Labute approximate surface area is 116 Å². The Morgan fingerprint density at radius 3 is 2.72 bits per heavy atom. The van der Waals surface area contributed by atoms with E-state index < -0.39 is 0 Å². The van der Waals surface area contributed by atoms with E-state index in [0.717, 1.165) is 29.5 Å². The standard InChI is InChI=1S/C14H18BrNO2/c1-18-12-6-3-2-5-11(12)9-13(17)16-14(10-15)7-4-8-14/h2-3,5-6H,4,7-10H2,1H3,(H,16,17). The molecule has 0 bridgehead atoms. The molecule has 1 fully saturated rings. The van der Waals surface area contributed by atoms with Crippen LogP contribution in [-0.2, 0) is 11.2 Å². The highest BCUT2D eigenvalue weighted by atomic mass is 79.9. The summed E-state index contributed by atoms with van der Waals surface area (Å²) in [5.74, 6) is 0.841. The summed E-state index contributed by atoms with van der Waals surface area (Å²) in [6.45, 7) is 0. The van der Waals surface area contributed by atoms with Gasteiger partial charge in [0.1, 0.15) is 5.75 Å². The minimum atomic E-state index is -0.0148. The highest BCUT2D eigenvalue weighted by molar-refractivity contribution is 9.09. The zero-order chi connectivity index (χ0) is 13.0. The van der Waals surface area contributed by atoms with Gasteiger partial charge < -0.3 is 10.1 Å². The van der Waals surface area contributed by atoms with Crippen LogP contribution in [0.4, 0.5) is 0 Å². The second-order valence-corrected chi connectivity index (χ2v) is 5.37. The van der Waals surface area contributed by atoms with Gasteiger partial charge >= 0.3 is 0 Å². The molecule has 0 aromatic heterocycles. The van der Waals surface area contributed by atoms with Gasteiger partial charge in [0.05, 0.1) is 13.5 Å². The summed E-state index contributed by atoms with van der Waals surface area (Å²) in [4.78, 5) is 12.1. The predicted molar refractivity (Wildman–Crippen MR) is 75.2 cm³/mol. The van der Waals surface area contributed by atoms with Crippen LogP contribution in [0.25, 0.3) is 0 Å². The summed E-state index contributed by atoms with van der Waals surface area (Å²) in [5, 5.41) is 3.97. The third-order valence-corrected chi connectivity index (χ3v) is 4.59. The molecule has 0 radical (unpaired) electrons. The number of methoxy groups -OCH3 is 1. The Hall–Kier alpha value is -1.03. The molecule has 0 unspecified atom stereocenters. The van der Waals surface area contributed by atoms with Gasteiger partial charge in [0.25, 0.3) is 0 Å². The number of hydrogen-bond acceptors (Lipinski definition) is 2. The van der Waals surface area contributed by atoms with Gasteiger partial charge in [-0.25, -0.2) is 0 Å². The number of carbonyl (C=O) groups is 1. The number of halogens is 1. The number of nitrogens with one attached hydrogen (secondary N) is 1. The van der Waals surface area contributed by atoms with Gasteiger partial charge in [-0.2, -0.15) is 0 Å². The maximum absolute atomic E-state index is 12.1. The van der Waals surface area contributed by atoms with E-state index in [9.17, 15) is 4.79 Å². The Morgan fingerprint density at radius 1 is 1.44 bits per heavy atom. The van der Waals surface area contributed by atoms with Crippen molar-refractivity contribution in [3.05, 3.63) is 29.8 Å². The Bertz CT molecular complexity index is 424. The molecule has 4 heteroatoms. The second-order valence-electron chi connectivity index (χ2n) is 4.80. The average molecular weight is 312 g/mol. The number of benzene rings is 1. The fraction of sp³-hybridized carbons (Fsp3) is 0.500. The van der Waals surface area contributed by atoms with E-state index in [1.54, 1.807) is 7.11 Å². The summed E-state index contributed by atoms with van der Waals surface area (Å²) in [5.41, 5.74) is 0.917. The molecule has 3 nitrogen and oxygen atoms in total. The minimum absolute atomic E-state index is 0.0148. The second kappa shape index (κ2) is 5.74. The first-order valence-corrected chi connectivity index (χ1v) is 7.30. The van der Waals surface area contributed by atoms with Crippen molar-refractivity contribution < 1.29 is 9.53 Å². The summed E-state index contributed by atoms with van der Waals surface area (Å²) in [7, 11) is 1.63. The van der Waals surface area contributed by atoms with Crippen LogP contribution in [0.15, 0.2) is 24.3 Å². The quantitative estimate of drug-likeness (QED) is 0.849. The third kappa shape index (κ3) is 2.86. The first kappa shape index (κ1) is 13.4. The lowest BCUT2D eigenvalue weighted by Crippen LogP contribution is -2.55. The highest BCUT2D eigenvalue weighted by Crippen LogP contribution is 2.33. The van der Waals surface area contributed by atoms with E-state index in [-0.39, 0.29) is 11.4 Å². The molecule has 98 valence electrons. The Balaban J connectivity index is 1.98. The first-order valence-electron chi connectivity index (χ1n) is 6.18. The largest absolute Gasteiger partial charge is 0.496 e. The summed E-state index contributed by atoms with van der Waals surface area (Å²) in [6, 6.07) is 7.65. The SMILES string of the molecule is COc1ccccc1CC(=O)NC1(CBr)CCC1. The van der Waals surface area contributed by atoms with Gasteiger partial charge in [-0.15, -0.1) is 0 Å². The fourth-order valence-corrected chi connectivity index (χ4v) is 2.96. The van der Waals surface area contributed by atoms with Crippen LogP contribution >= 0.6 is 15.9 Å². The van der Waals surface area contributed by atoms with Crippen molar-refractivity contribution in [3.8, 4) is 5.75 Å². The van der Waals surface area contributed by atoms with E-state index in [4.69, 9.17) is 4.74 Å². The van der Waals surface area contributed by atoms with E-state index in [1.165, 1.54) is 6.42 Å². The molecular weight excluding hydrogens is 294 g/mol. The van der Waals surface area contributed by atoms with Gasteiger partial charge in [0, 0.05) is 16.4 Å². The van der Waals surface area contributed by atoms with Gasteiger partial charge in [0.15, 0.2) is 0 Å². The third-order valence-electron chi connectivity index (χ3n) is 3.51. The predicted octanol–water partition coefficient (Wildman–Crippen LogP) is 2.67. The summed E-state index contributed by atoms with van der Waals surface area (Å²) >= 11 is 3.49. The van der Waals surface area contributed by atoms with E-state index in [2.05, 4.69) is 21.2 Å². The molecule has 0 spiro atoms. The number of ether oxygens (including phenoxy) is 1. The van der Waals surface area contributed by atoms with Crippen LogP contribution in [0.1, 0.15) is 24.8 Å². The fourth-order valence-electron chi connectivity index (χ4n) is 2.26. The molecule has 1 aliphatic rings. The van der Waals surface area contributed by atoms with Crippen LogP contribution in [0.3, 0.4) is 0 Å². The molecule has 0 atom stereocenters. The molecule has 18 heavy (non-hydrogen) atoms. The Morgan fingerprint density at radius 2 is 2.17 bits per heavy atom. The number of amides is 1. The lowest BCUT2D eigenvalue weighted by Gasteiger charge is -2.41. The van der Waals surface area contributed by atoms with Crippen LogP contribution < -0.4 is 10.1 Å². The topological polar surface area (TPSA) is 38.3 Å². The number of para-hydroxylation sites is 1. The molecular formula is C14H18BrNO2. The van der Waals surface area contributed by atoms with Gasteiger partial charge in [-0.3, -0.25) is 4.79 Å². The van der Waals surface area contributed by atoms with Crippen LogP contribution in [0.5, 0.6) is 5.75 Å². The molecule has 0 heterocycles. The zero-order valence-electron chi connectivity index (χ0n) is 10.5. The molecule has 1 N–H and O–H groups in total. The van der Waals surface area contributed by atoms with Crippen molar-refractivity contribution in [2.75, 3.05) is 12.4 Å². The maximum atomic E-state index is 12.1. The zero-order valence-corrected chi connectivity index (χ0v) is 12.1. The van der Waals surface area contributed by atoms with Crippen LogP contribution in [-0.4, -0.2) is 23.9 Å². The monoisotopic (exact) mass is 311 g/mol. The average Bonchev–Trinajstić information content (AvgIpc) is 2.34. The summed E-state index contributed by atoms with van der Waals surface area (Å²) in [6.07, 6.45) is 3.70. The maximum Gasteiger partial charge on any atom is 0.225 e. The van der Waals surface area contributed by atoms with E-state index >= 15 is 0 Å². The van der Waals surface area contributed by atoms with Gasteiger partial charge in [-0.1, -0.05) is 34.1 Å². The first-order chi connectivity index (χ1) is 8.69. The Kier molecular flexibility index (Phi) is 4.27. The van der Waals surface area contributed by atoms with Crippen molar-refractivity contribution in [2.24, 2.45) is 0 Å². The molecule has 1 amide bonds. The van der Waals surface area contributed by atoms with Gasteiger partial charge in [0.2, 0.25) is 5.91 Å². The van der Waals surface area contributed by atoms with E-state index in [1.807, 2.05) is 24.3 Å². The molecule has 0 saturated heterocycles. The smallest absolute Gasteiger partial charge is 0.225 e. The summed E-state index contributed by atoms with van der Waals surface area (Å²) < 4.78 is 5.25. The molecule has 2 rings (SSSR count). The normalized spacial score (nSPS) is 16.8. The molecule has 1 aromatic rings. The van der Waals surface area contributed by atoms with Crippen LogP contribution in [0.2, 0.25) is 0 Å². The molecule has 1 aromatic carbocycles. The highest BCUT2D eigenvalue weighted by Gasteiger charge is 2.37. The lowest BCUT2D eigenvalue weighted by atomic mass is 9.78. The number of alkyl halides is 1. The van der Waals surface area contributed by atoms with Crippen molar-refractivity contribution in [2.45, 2.75) is 31.2 Å². The van der Waals surface area contributed by atoms with Crippen molar-refractivity contribution >= 4 is 21.8 Å². The molecule has 1 aliphatic carbocycles. The lowest BCUT2D eigenvalue weighted by molar-refractivity contribution is -0.123.